The Bertz CT molecular complexity index is 562. The second kappa shape index (κ2) is 8.33. The normalized spacial score (nSPS) is 24.1. The Morgan fingerprint density at radius 2 is 1.96 bits per heavy atom. The molecule has 1 unspecified atom stereocenters. The van der Waals surface area contributed by atoms with E-state index in [1.54, 1.807) is 0 Å². The molecule has 2 fully saturated rings. The molecular formula is C21H32N2O2. The van der Waals surface area contributed by atoms with Gasteiger partial charge in [-0.1, -0.05) is 36.8 Å². The fourth-order valence-electron chi connectivity index (χ4n) is 3.83. The van der Waals surface area contributed by atoms with Crippen LogP contribution in [0.25, 0.3) is 0 Å². The summed E-state index contributed by atoms with van der Waals surface area (Å²) in [6.45, 7) is 5.54. The first-order valence-corrected chi connectivity index (χ1v) is 9.81. The van der Waals surface area contributed by atoms with E-state index >= 15 is 0 Å². The zero-order valence-corrected chi connectivity index (χ0v) is 15.6. The lowest BCUT2D eigenvalue weighted by Gasteiger charge is -2.44. The van der Waals surface area contributed by atoms with Gasteiger partial charge in [0.15, 0.2) is 0 Å². The number of aryl methyl sites for hydroxylation is 1. The number of carbonyl (C=O) groups is 1. The standard InChI is InChI=1S/C21H32N2O2/c1-3-18(10-16-6-4-15(2)5-7-16)22-19-11-20(12-19)23(14-21(24)25)13-17-8-9-17/h4-7,17-20,22H,3,8-14H2,1-2H3,(H,24,25). The van der Waals surface area contributed by atoms with E-state index in [0.717, 1.165) is 38.1 Å². The van der Waals surface area contributed by atoms with Crippen molar-refractivity contribution in [3.63, 3.8) is 0 Å². The maximum absolute atomic E-state index is 11.1. The van der Waals surface area contributed by atoms with Crippen LogP contribution in [-0.2, 0) is 11.2 Å². The molecule has 1 aromatic rings. The molecule has 0 spiro atoms. The highest BCUT2D eigenvalue weighted by Gasteiger charge is 2.37. The highest BCUT2D eigenvalue weighted by atomic mass is 16.4. The van der Waals surface area contributed by atoms with Gasteiger partial charge in [-0.3, -0.25) is 9.69 Å². The van der Waals surface area contributed by atoms with Gasteiger partial charge in [-0.05, 0) is 56.9 Å². The summed E-state index contributed by atoms with van der Waals surface area (Å²) in [5.74, 6) is 0.0548. The van der Waals surface area contributed by atoms with Crippen LogP contribution in [0.5, 0.6) is 0 Å². The maximum Gasteiger partial charge on any atom is 0.317 e. The van der Waals surface area contributed by atoms with E-state index in [9.17, 15) is 4.79 Å². The lowest BCUT2D eigenvalue weighted by molar-refractivity contribution is -0.139. The van der Waals surface area contributed by atoms with Gasteiger partial charge in [0.1, 0.15) is 0 Å². The molecule has 4 nitrogen and oxygen atoms in total. The zero-order valence-electron chi connectivity index (χ0n) is 15.6. The second-order valence-corrected chi connectivity index (χ2v) is 8.05. The Morgan fingerprint density at radius 1 is 1.28 bits per heavy atom. The van der Waals surface area contributed by atoms with Gasteiger partial charge in [-0.25, -0.2) is 0 Å². The Balaban J connectivity index is 1.45. The van der Waals surface area contributed by atoms with Crippen LogP contribution in [0.2, 0.25) is 0 Å². The molecule has 0 aliphatic heterocycles. The number of carboxylic acids is 1. The topological polar surface area (TPSA) is 52.6 Å². The Labute approximate surface area is 151 Å². The summed E-state index contributed by atoms with van der Waals surface area (Å²) in [5.41, 5.74) is 2.70. The number of carboxylic acid groups (broad SMARTS) is 1. The van der Waals surface area contributed by atoms with Gasteiger partial charge in [-0.15, -0.1) is 0 Å². The van der Waals surface area contributed by atoms with Crippen molar-refractivity contribution in [1.82, 2.24) is 10.2 Å². The van der Waals surface area contributed by atoms with E-state index in [1.165, 1.54) is 24.0 Å². The summed E-state index contributed by atoms with van der Waals surface area (Å²) < 4.78 is 0. The van der Waals surface area contributed by atoms with Crippen LogP contribution in [0.4, 0.5) is 0 Å². The number of hydrogen-bond acceptors (Lipinski definition) is 3. The van der Waals surface area contributed by atoms with E-state index in [1.807, 2.05) is 0 Å². The average Bonchev–Trinajstić information content (AvgIpc) is 3.34. The SMILES string of the molecule is CCC(Cc1ccc(C)cc1)NC1CC(N(CC(=O)O)CC2CC2)C1. The molecular weight excluding hydrogens is 312 g/mol. The lowest BCUT2D eigenvalue weighted by atomic mass is 9.84. The molecule has 0 bridgehead atoms. The third-order valence-electron chi connectivity index (χ3n) is 5.72. The highest BCUT2D eigenvalue weighted by molar-refractivity contribution is 5.69. The first-order valence-electron chi connectivity index (χ1n) is 9.81. The van der Waals surface area contributed by atoms with Gasteiger partial charge in [0, 0.05) is 24.7 Å². The molecule has 138 valence electrons. The van der Waals surface area contributed by atoms with Gasteiger partial charge < -0.3 is 10.4 Å². The van der Waals surface area contributed by atoms with E-state index in [0.29, 0.717) is 18.1 Å². The minimum atomic E-state index is -0.692. The Kier molecular flexibility index (Phi) is 6.13. The summed E-state index contributed by atoms with van der Waals surface area (Å²) in [6.07, 6.45) is 6.92. The first kappa shape index (κ1) is 18.4. The van der Waals surface area contributed by atoms with Crippen molar-refractivity contribution < 1.29 is 9.90 Å². The third kappa shape index (κ3) is 5.55. The predicted octanol–water partition coefficient (Wildman–Crippen LogP) is 3.23. The van der Waals surface area contributed by atoms with E-state index in [-0.39, 0.29) is 6.54 Å². The van der Waals surface area contributed by atoms with Crippen molar-refractivity contribution in [3.8, 4) is 0 Å². The van der Waals surface area contributed by atoms with Crippen molar-refractivity contribution in [2.24, 2.45) is 5.92 Å². The predicted molar refractivity (Wildman–Crippen MR) is 101 cm³/mol. The zero-order chi connectivity index (χ0) is 17.8. The first-order chi connectivity index (χ1) is 12.0. The average molecular weight is 344 g/mol. The Hall–Kier alpha value is -1.39. The van der Waals surface area contributed by atoms with Crippen LogP contribution >= 0.6 is 0 Å². The quantitative estimate of drug-likeness (QED) is 0.684. The van der Waals surface area contributed by atoms with E-state index in [4.69, 9.17) is 5.11 Å². The van der Waals surface area contributed by atoms with Gasteiger partial charge in [0.25, 0.3) is 0 Å². The molecule has 0 heterocycles. The molecule has 1 aromatic carbocycles. The van der Waals surface area contributed by atoms with Crippen molar-refractivity contribution in [2.45, 2.75) is 70.5 Å². The third-order valence-corrected chi connectivity index (χ3v) is 5.72. The molecule has 2 aliphatic carbocycles. The molecule has 0 saturated heterocycles. The van der Waals surface area contributed by atoms with Crippen LogP contribution in [0.1, 0.15) is 50.2 Å². The van der Waals surface area contributed by atoms with E-state index in [2.05, 4.69) is 48.3 Å². The number of nitrogens with one attached hydrogen (secondary N) is 1. The minimum Gasteiger partial charge on any atom is -0.480 e. The monoisotopic (exact) mass is 344 g/mol. The molecule has 0 aromatic heterocycles. The van der Waals surface area contributed by atoms with Crippen molar-refractivity contribution in [1.29, 1.82) is 0 Å². The fraction of sp³-hybridized carbons (Fsp3) is 0.667. The van der Waals surface area contributed by atoms with Gasteiger partial charge in [0.2, 0.25) is 0 Å². The van der Waals surface area contributed by atoms with Crippen LogP contribution in [0.15, 0.2) is 24.3 Å². The number of rotatable bonds is 10. The van der Waals surface area contributed by atoms with Crippen LogP contribution in [0, 0.1) is 12.8 Å². The van der Waals surface area contributed by atoms with Crippen LogP contribution in [0.3, 0.4) is 0 Å². The second-order valence-electron chi connectivity index (χ2n) is 8.05. The summed E-state index contributed by atoms with van der Waals surface area (Å²) in [5, 5.41) is 13.0. The summed E-state index contributed by atoms with van der Waals surface area (Å²) in [4.78, 5) is 13.3. The van der Waals surface area contributed by atoms with Gasteiger partial charge >= 0.3 is 5.97 Å². The molecule has 2 saturated carbocycles. The van der Waals surface area contributed by atoms with Gasteiger partial charge in [-0.2, -0.15) is 0 Å². The number of hydrogen-bond donors (Lipinski definition) is 2. The summed E-state index contributed by atoms with van der Waals surface area (Å²) in [7, 11) is 0. The number of nitrogens with zero attached hydrogens (tertiary/aromatic N) is 1. The molecule has 3 rings (SSSR count). The largest absolute Gasteiger partial charge is 0.480 e. The maximum atomic E-state index is 11.1. The Morgan fingerprint density at radius 3 is 2.52 bits per heavy atom. The highest BCUT2D eigenvalue weighted by Crippen LogP contribution is 2.34. The fourth-order valence-corrected chi connectivity index (χ4v) is 3.83. The molecule has 2 aliphatic rings. The summed E-state index contributed by atoms with van der Waals surface area (Å²) >= 11 is 0. The van der Waals surface area contributed by atoms with E-state index < -0.39 is 5.97 Å². The van der Waals surface area contributed by atoms with Crippen molar-refractivity contribution in [2.75, 3.05) is 13.1 Å². The van der Waals surface area contributed by atoms with Crippen molar-refractivity contribution in [3.05, 3.63) is 35.4 Å². The van der Waals surface area contributed by atoms with Crippen molar-refractivity contribution >= 4 is 5.97 Å². The number of benzene rings is 1. The molecule has 1 atom stereocenters. The molecule has 4 heteroatoms. The van der Waals surface area contributed by atoms with Crippen LogP contribution in [-0.4, -0.2) is 47.2 Å². The lowest BCUT2D eigenvalue weighted by Crippen LogP contribution is -2.56. The van der Waals surface area contributed by atoms with Crippen LogP contribution < -0.4 is 5.32 Å². The molecule has 0 amide bonds. The van der Waals surface area contributed by atoms with Gasteiger partial charge in [0.05, 0.1) is 6.54 Å². The molecule has 2 N–H and O–H groups in total. The molecule has 0 radical (unpaired) electrons. The minimum absolute atomic E-state index is 0.203. The summed E-state index contributed by atoms with van der Waals surface area (Å²) in [6, 6.07) is 10.3. The number of aliphatic carboxylic acids is 1. The smallest absolute Gasteiger partial charge is 0.317 e. The molecule has 25 heavy (non-hydrogen) atoms.